The average molecular weight is 289 g/mol. The van der Waals surface area contributed by atoms with Gasteiger partial charge in [-0.2, -0.15) is 0 Å². The summed E-state index contributed by atoms with van der Waals surface area (Å²) in [6.45, 7) is 2.96. The molecule has 0 radical (unpaired) electrons. The molecule has 0 saturated heterocycles. The Morgan fingerprint density at radius 2 is 2.11 bits per heavy atom. The summed E-state index contributed by atoms with van der Waals surface area (Å²) < 4.78 is 10.8. The van der Waals surface area contributed by atoms with Crippen molar-refractivity contribution in [2.45, 2.75) is 32.5 Å². The molecule has 0 aromatic heterocycles. The van der Waals surface area contributed by atoms with E-state index in [1.165, 1.54) is 0 Å². The van der Waals surface area contributed by atoms with E-state index >= 15 is 0 Å². The Hall–Kier alpha value is -0.810. The van der Waals surface area contributed by atoms with E-state index in [9.17, 15) is 10.2 Å². The minimum absolute atomic E-state index is 0.126. The quantitative estimate of drug-likeness (QED) is 0.685. The summed E-state index contributed by atoms with van der Waals surface area (Å²) in [4.78, 5) is 0. The second-order valence-corrected chi connectivity index (χ2v) is 4.74. The van der Waals surface area contributed by atoms with Crippen molar-refractivity contribution < 1.29 is 19.7 Å². The fraction of sp³-hybridized carbons (Fsp3) is 0.571. The molecule has 2 N–H and O–H groups in total. The van der Waals surface area contributed by atoms with Gasteiger partial charge < -0.3 is 19.7 Å². The topological polar surface area (TPSA) is 58.9 Å². The highest BCUT2D eigenvalue weighted by atomic mass is 35.5. The molecule has 0 fully saturated rings. The van der Waals surface area contributed by atoms with E-state index in [1.807, 2.05) is 0 Å². The molecule has 0 spiro atoms. The average Bonchev–Trinajstić information content (AvgIpc) is 2.42. The van der Waals surface area contributed by atoms with Crippen molar-refractivity contribution in [1.29, 1.82) is 0 Å². The molecule has 0 amide bonds. The minimum Gasteiger partial charge on any atom is -0.490 e. The number of halogens is 1. The van der Waals surface area contributed by atoms with E-state index in [1.54, 1.807) is 18.2 Å². The smallest absolute Gasteiger partial charge is 0.125 e. The van der Waals surface area contributed by atoms with Crippen molar-refractivity contribution in [3.63, 3.8) is 0 Å². The predicted molar refractivity (Wildman–Crippen MR) is 74.6 cm³/mol. The fourth-order valence-electron chi connectivity index (χ4n) is 1.51. The third-order valence-corrected chi connectivity index (χ3v) is 2.81. The molecule has 0 heterocycles. The highest BCUT2D eigenvalue weighted by Gasteiger charge is 2.08. The number of unbranched alkanes of at least 4 members (excludes halogenated alkanes) is 1. The second-order valence-electron chi connectivity index (χ2n) is 4.30. The van der Waals surface area contributed by atoms with Crippen LogP contribution in [0.4, 0.5) is 0 Å². The van der Waals surface area contributed by atoms with E-state index in [0.29, 0.717) is 22.9 Å². The van der Waals surface area contributed by atoms with Gasteiger partial charge in [-0.15, -0.1) is 0 Å². The van der Waals surface area contributed by atoms with Crippen molar-refractivity contribution in [2.75, 3.05) is 19.8 Å². The monoisotopic (exact) mass is 288 g/mol. The largest absolute Gasteiger partial charge is 0.490 e. The lowest BCUT2D eigenvalue weighted by Gasteiger charge is -2.14. The van der Waals surface area contributed by atoms with Crippen LogP contribution >= 0.6 is 11.6 Å². The van der Waals surface area contributed by atoms with Crippen LogP contribution in [-0.4, -0.2) is 36.1 Å². The first-order valence-electron chi connectivity index (χ1n) is 6.45. The zero-order valence-electron chi connectivity index (χ0n) is 11.1. The van der Waals surface area contributed by atoms with Crippen LogP contribution in [0.5, 0.6) is 5.75 Å². The van der Waals surface area contributed by atoms with Gasteiger partial charge >= 0.3 is 0 Å². The summed E-state index contributed by atoms with van der Waals surface area (Å²) >= 11 is 5.82. The van der Waals surface area contributed by atoms with Crippen LogP contribution in [-0.2, 0) is 11.3 Å². The van der Waals surface area contributed by atoms with Crippen LogP contribution in [0.2, 0.25) is 5.02 Å². The Bertz CT molecular complexity index is 370. The van der Waals surface area contributed by atoms with Gasteiger partial charge in [-0.3, -0.25) is 0 Å². The highest BCUT2D eigenvalue weighted by Crippen LogP contribution is 2.23. The third kappa shape index (κ3) is 6.25. The van der Waals surface area contributed by atoms with E-state index in [0.717, 1.165) is 12.8 Å². The van der Waals surface area contributed by atoms with E-state index < -0.39 is 6.10 Å². The first-order valence-corrected chi connectivity index (χ1v) is 6.83. The van der Waals surface area contributed by atoms with Gasteiger partial charge in [0.2, 0.25) is 0 Å². The number of hydrogen-bond acceptors (Lipinski definition) is 4. The summed E-state index contributed by atoms with van der Waals surface area (Å²) in [5, 5.41) is 19.4. The van der Waals surface area contributed by atoms with E-state index in [2.05, 4.69) is 6.92 Å². The molecular weight excluding hydrogens is 268 g/mol. The molecule has 1 rings (SSSR count). The molecule has 1 unspecified atom stereocenters. The molecule has 1 aromatic carbocycles. The summed E-state index contributed by atoms with van der Waals surface area (Å²) in [7, 11) is 0. The molecule has 0 aliphatic carbocycles. The van der Waals surface area contributed by atoms with E-state index in [4.69, 9.17) is 21.1 Å². The van der Waals surface area contributed by atoms with Gasteiger partial charge in [-0.1, -0.05) is 24.9 Å². The van der Waals surface area contributed by atoms with Crippen LogP contribution < -0.4 is 4.74 Å². The molecule has 108 valence electrons. The van der Waals surface area contributed by atoms with Gasteiger partial charge in [-0.25, -0.2) is 0 Å². The Morgan fingerprint density at radius 3 is 2.79 bits per heavy atom. The number of ether oxygens (including phenoxy) is 2. The van der Waals surface area contributed by atoms with E-state index in [-0.39, 0.29) is 19.8 Å². The number of hydrogen-bond donors (Lipinski definition) is 2. The zero-order valence-corrected chi connectivity index (χ0v) is 11.9. The molecule has 4 nitrogen and oxygen atoms in total. The first-order chi connectivity index (χ1) is 9.17. The molecule has 1 atom stereocenters. The van der Waals surface area contributed by atoms with Crippen LogP contribution in [0.3, 0.4) is 0 Å². The maximum atomic E-state index is 9.69. The minimum atomic E-state index is -0.681. The van der Waals surface area contributed by atoms with Gasteiger partial charge in [0, 0.05) is 17.2 Å². The summed E-state index contributed by atoms with van der Waals surface area (Å²) in [6, 6.07) is 5.00. The predicted octanol–water partition coefficient (Wildman–Crippen LogP) is 2.39. The first kappa shape index (κ1) is 16.2. The van der Waals surface area contributed by atoms with Crippen molar-refractivity contribution >= 4 is 11.6 Å². The number of rotatable bonds is 9. The molecule has 19 heavy (non-hydrogen) atoms. The molecule has 0 aliphatic rings. The third-order valence-electron chi connectivity index (χ3n) is 2.58. The standard InChI is InChI=1S/C14H21ClO4/c1-2-3-6-18-9-13(17)10-19-14-5-4-12(15)7-11(14)8-16/h4-5,7,13,16-17H,2-3,6,8-10H2,1H3. The van der Waals surface area contributed by atoms with Gasteiger partial charge in [0.15, 0.2) is 0 Å². The van der Waals surface area contributed by atoms with Crippen LogP contribution in [0.25, 0.3) is 0 Å². The van der Waals surface area contributed by atoms with Gasteiger partial charge in [-0.05, 0) is 24.6 Å². The maximum absolute atomic E-state index is 9.69. The lowest BCUT2D eigenvalue weighted by molar-refractivity contribution is 0.0109. The molecular formula is C14H21ClO4. The summed E-state index contributed by atoms with van der Waals surface area (Å²) in [6.07, 6.45) is 1.37. The Morgan fingerprint density at radius 1 is 1.32 bits per heavy atom. The molecule has 5 heteroatoms. The molecule has 0 aliphatic heterocycles. The lowest BCUT2D eigenvalue weighted by atomic mass is 10.2. The number of aliphatic hydroxyl groups excluding tert-OH is 2. The summed E-state index contributed by atoms with van der Waals surface area (Å²) in [5.41, 5.74) is 0.603. The number of benzene rings is 1. The van der Waals surface area contributed by atoms with Crippen LogP contribution in [0.1, 0.15) is 25.3 Å². The Kier molecular flexibility index (Phi) is 7.82. The maximum Gasteiger partial charge on any atom is 0.125 e. The zero-order chi connectivity index (χ0) is 14.1. The highest BCUT2D eigenvalue weighted by molar-refractivity contribution is 6.30. The Balaban J connectivity index is 2.35. The Labute approximate surface area is 118 Å². The lowest BCUT2D eigenvalue weighted by Crippen LogP contribution is -2.24. The fourth-order valence-corrected chi connectivity index (χ4v) is 1.71. The summed E-state index contributed by atoms with van der Waals surface area (Å²) in [5.74, 6) is 0.527. The van der Waals surface area contributed by atoms with Crippen molar-refractivity contribution in [3.8, 4) is 5.75 Å². The molecule has 1 aromatic rings. The molecule has 0 bridgehead atoms. The van der Waals surface area contributed by atoms with Crippen molar-refractivity contribution in [3.05, 3.63) is 28.8 Å². The van der Waals surface area contributed by atoms with Gasteiger partial charge in [0.25, 0.3) is 0 Å². The van der Waals surface area contributed by atoms with Gasteiger partial charge in [0.1, 0.15) is 18.5 Å². The van der Waals surface area contributed by atoms with Crippen LogP contribution in [0, 0.1) is 0 Å². The van der Waals surface area contributed by atoms with Crippen molar-refractivity contribution in [2.24, 2.45) is 0 Å². The SMILES string of the molecule is CCCCOCC(O)COc1ccc(Cl)cc1CO. The van der Waals surface area contributed by atoms with Crippen molar-refractivity contribution in [1.82, 2.24) is 0 Å². The normalized spacial score (nSPS) is 12.4. The number of aliphatic hydroxyl groups is 2. The van der Waals surface area contributed by atoms with Crippen LogP contribution in [0.15, 0.2) is 18.2 Å². The second kappa shape index (κ2) is 9.15. The molecule has 0 saturated carbocycles. The van der Waals surface area contributed by atoms with Gasteiger partial charge in [0.05, 0.1) is 13.2 Å².